The maximum absolute atomic E-state index is 10.3. The number of carbonyl (C=O) groups is 1. The standard InChI is InChI=1S/C3H7N3O2S2/c1-8-3(7)10-6-5-2(4)9/h6H,1H3,(H3,4,5,9). The molecule has 0 aliphatic carbocycles. The van der Waals surface area contributed by atoms with E-state index in [2.05, 4.69) is 27.2 Å². The third-order valence-electron chi connectivity index (χ3n) is 0.475. The maximum Gasteiger partial charge on any atom is 0.383 e. The van der Waals surface area contributed by atoms with Gasteiger partial charge in [-0.25, -0.2) is 4.79 Å². The first-order valence-corrected chi connectivity index (χ1v) is 3.44. The number of ether oxygens (including phenoxy) is 1. The zero-order chi connectivity index (χ0) is 7.98. The second-order valence-electron chi connectivity index (χ2n) is 1.15. The lowest BCUT2D eigenvalue weighted by Crippen LogP contribution is -2.37. The smallest absolute Gasteiger partial charge is 0.383 e. The van der Waals surface area contributed by atoms with Crippen molar-refractivity contribution in [2.24, 2.45) is 5.73 Å². The van der Waals surface area contributed by atoms with Gasteiger partial charge in [-0.05, 0) is 12.2 Å². The van der Waals surface area contributed by atoms with Gasteiger partial charge in [0.05, 0.1) is 19.1 Å². The van der Waals surface area contributed by atoms with Crippen molar-refractivity contribution in [3.8, 4) is 0 Å². The first-order chi connectivity index (χ1) is 4.66. The summed E-state index contributed by atoms with van der Waals surface area (Å²) >= 11 is 5.14. The Morgan fingerprint density at radius 1 is 1.80 bits per heavy atom. The molecule has 0 unspecified atom stereocenters. The second kappa shape index (κ2) is 5.27. The van der Waals surface area contributed by atoms with E-state index in [1.807, 2.05) is 0 Å². The monoisotopic (exact) mass is 181 g/mol. The van der Waals surface area contributed by atoms with Crippen molar-refractivity contribution in [3.05, 3.63) is 0 Å². The van der Waals surface area contributed by atoms with Crippen molar-refractivity contribution in [1.29, 1.82) is 0 Å². The molecule has 0 spiro atoms. The molecule has 0 fully saturated rings. The molecule has 58 valence electrons. The summed E-state index contributed by atoms with van der Waals surface area (Å²) in [6.45, 7) is 0. The Morgan fingerprint density at radius 3 is 2.80 bits per heavy atom. The van der Waals surface area contributed by atoms with E-state index in [0.717, 1.165) is 0 Å². The predicted octanol–water partition coefficient (Wildman–Crippen LogP) is -0.261. The van der Waals surface area contributed by atoms with Gasteiger partial charge < -0.3 is 10.5 Å². The molecule has 0 amide bonds. The maximum atomic E-state index is 10.3. The van der Waals surface area contributed by atoms with Crippen LogP contribution in [0.15, 0.2) is 0 Å². The normalized spacial score (nSPS) is 8.50. The molecule has 10 heavy (non-hydrogen) atoms. The number of nitrogens with one attached hydrogen (secondary N) is 2. The van der Waals surface area contributed by atoms with Crippen LogP contribution in [0.1, 0.15) is 0 Å². The van der Waals surface area contributed by atoms with E-state index in [4.69, 9.17) is 5.73 Å². The number of thiocarbonyl (C=S) groups is 1. The Balaban J connectivity index is 3.20. The minimum absolute atomic E-state index is 0.0661. The Hall–Kier alpha value is -0.530. The van der Waals surface area contributed by atoms with Crippen LogP contribution in [-0.2, 0) is 4.74 Å². The molecule has 0 aliphatic heterocycles. The fourth-order valence-electron chi connectivity index (χ4n) is 0.159. The van der Waals surface area contributed by atoms with E-state index in [-0.39, 0.29) is 5.11 Å². The summed E-state index contributed by atoms with van der Waals surface area (Å²) in [5.41, 5.74) is 7.34. The first kappa shape index (κ1) is 9.47. The Kier molecular flexibility index (Phi) is 4.99. The molecule has 5 nitrogen and oxygen atoms in total. The summed E-state index contributed by atoms with van der Waals surface area (Å²) in [7, 11) is 1.28. The number of nitrogens with two attached hydrogens (primary N) is 1. The van der Waals surface area contributed by atoms with Crippen LogP contribution in [0.25, 0.3) is 0 Å². The van der Waals surface area contributed by atoms with Crippen molar-refractivity contribution in [1.82, 2.24) is 10.3 Å². The summed E-state index contributed by atoms with van der Waals surface area (Å²) in [6.07, 6.45) is 0. The minimum atomic E-state index is -0.469. The number of carbonyl (C=O) groups excluding carboxylic acids is 1. The van der Waals surface area contributed by atoms with Crippen molar-refractivity contribution < 1.29 is 9.53 Å². The van der Waals surface area contributed by atoms with Gasteiger partial charge in [0.25, 0.3) is 0 Å². The molecule has 0 heterocycles. The summed E-state index contributed by atoms with van der Waals surface area (Å²) in [4.78, 5) is 12.7. The lowest BCUT2D eigenvalue weighted by atomic mass is 11.2. The van der Waals surface area contributed by atoms with Gasteiger partial charge in [0.1, 0.15) is 0 Å². The van der Waals surface area contributed by atoms with Gasteiger partial charge >= 0.3 is 5.30 Å². The third-order valence-corrected chi connectivity index (χ3v) is 1.11. The lowest BCUT2D eigenvalue weighted by Gasteiger charge is -2.01. The van der Waals surface area contributed by atoms with Gasteiger partial charge in [-0.15, -0.1) is 0 Å². The highest BCUT2D eigenvalue weighted by atomic mass is 32.2. The van der Waals surface area contributed by atoms with Crippen molar-refractivity contribution in [2.45, 2.75) is 0 Å². The average molecular weight is 181 g/mol. The zero-order valence-corrected chi connectivity index (χ0v) is 6.84. The van der Waals surface area contributed by atoms with Gasteiger partial charge in [-0.1, -0.05) is 0 Å². The van der Waals surface area contributed by atoms with Gasteiger partial charge in [0, 0.05) is 0 Å². The van der Waals surface area contributed by atoms with E-state index >= 15 is 0 Å². The second-order valence-corrected chi connectivity index (χ2v) is 2.33. The van der Waals surface area contributed by atoms with Crippen LogP contribution >= 0.6 is 24.2 Å². The van der Waals surface area contributed by atoms with Crippen molar-refractivity contribution >= 4 is 34.6 Å². The predicted molar refractivity (Wildman–Crippen MR) is 43.1 cm³/mol. The third kappa shape index (κ3) is 5.60. The molecular weight excluding hydrogens is 174 g/mol. The lowest BCUT2D eigenvalue weighted by molar-refractivity contribution is 0.200. The molecule has 0 saturated carbocycles. The molecule has 0 bridgehead atoms. The van der Waals surface area contributed by atoms with Crippen LogP contribution in [0.4, 0.5) is 4.79 Å². The molecule has 0 aromatic rings. The van der Waals surface area contributed by atoms with Crippen LogP contribution in [-0.4, -0.2) is 17.5 Å². The molecule has 0 aromatic carbocycles. The Labute approximate surface area is 67.8 Å². The fourth-order valence-corrected chi connectivity index (χ4v) is 0.602. The topological polar surface area (TPSA) is 76.4 Å². The summed E-state index contributed by atoms with van der Waals surface area (Å²) in [5.74, 6) is 0. The highest BCUT2D eigenvalue weighted by Crippen LogP contribution is 1.94. The SMILES string of the molecule is COC(=O)SNNC(N)=S. The van der Waals surface area contributed by atoms with Crippen LogP contribution < -0.4 is 16.0 Å². The van der Waals surface area contributed by atoms with Gasteiger partial charge in [-0.2, -0.15) is 4.83 Å². The van der Waals surface area contributed by atoms with E-state index in [9.17, 15) is 4.79 Å². The van der Waals surface area contributed by atoms with Crippen molar-refractivity contribution in [3.63, 3.8) is 0 Å². The quantitative estimate of drug-likeness (QED) is 0.234. The Morgan fingerprint density at radius 2 is 2.40 bits per heavy atom. The van der Waals surface area contributed by atoms with E-state index < -0.39 is 5.30 Å². The van der Waals surface area contributed by atoms with E-state index in [1.165, 1.54) is 7.11 Å². The molecule has 7 heteroatoms. The van der Waals surface area contributed by atoms with Gasteiger partial charge in [0.15, 0.2) is 5.11 Å². The van der Waals surface area contributed by atoms with E-state index in [1.54, 1.807) is 0 Å². The van der Waals surface area contributed by atoms with E-state index in [0.29, 0.717) is 11.9 Å². The average Bonchev–Trinajstić information content (AvgIpc) is 1.87. The highest BCUT2D eigenvalue weighted by molar-refractivity contribution is 8.11. The molecule has 0 radical (unpaired) electrons. The van der Waals surface area contributed by atoms with Crippen LogP contribution in [0.3, 0.4) is 0 Å². The molecule has 0 atom stereocenters. The number of methoxy groups -OCH3 is 1. The zero-order valence-electron chi connectivity index (χ0n) is 5.21. The summed E-state index contributed by atoms with van der Waals surface area (Å²) in [5, 5.41) is -0.403. The molecule has 0 saturated heterocycles. The largest absolute Gasteiger partial charge is 0.460 e. The van der Waals surface area contributed by atoms with Crippen molar-refractivity contribution in [2.75, 3.05) is 7.11 Å². The summed E-state index contributed by atoms with van der Waals surface area (Å²) in [6, 6.07) is 0. The van der Waals surface area contributed by atoms with Crippen LogP contribution in [0.5, 0.6) is 0 Å². The highest BCUT2D eigenvalue weighted by Gasteiger charge is 1.97. The summed E-state index contributed by atoms with van der Waals surface area (Å²) < 4.78 is 4.27. The van der Waals surface area contributed by atoms with Crippen LogP contribution in [0, 0.1) is 0 Å². The Bertz CT molecular complexity index is 140. The minimum Gasteiger partial charge on any atom is -0.460 e. The number of rotatable bonds is 2. The molecular formula is C3H7N3O2S2. The molecule has 4 N–H and O–H groups in total. The number of hydrogen-bond donors (Lipinski definition) is 3. The molecule has 0 rings (SSSR count). The van der Waals surface area contributed by atoms with Gasteiger partial charge in [0.2, 0.25) is 0 Å². The number of hydrogen-bond acceptors (Lipinski definition) is 5. The van der Waals surface area contributed by atoms with Crippen LogP contribution in [0.2, 0.25) is 0 Å². The molecule has 0 aromatic heterocycles. The van der Waals surface area contributed by atoms with Gasteiger partial charge in [-0.3, -0.25) is 5.43 Å². The fraction of sp³-hybridized carbons (Fsp3) is 0.333. The first-order valence-electron chi connectivity index (χ1n) is 2.22. The number of hydrazine groups is 1. The molecule has 0 aliphatic rings.